The molecule has 2 unspecified atom stereocenters. The van der Waals surface area contributed by atoms with Crippen LogP contribution in [0.5, 0.6) is 0 Å². The van der Waals surface area contributed by atoms with Crippen molar-refractivity contribution in [1.82, 2.24) is 4.90 Å². The first kappa shape index (κ1) is 15.6. The van der Waals surface area contributed by atoms with Crippen LogP contribution in [0.25, 0.3) is 0 Å². The Morgan fingerprint density at radius 3 is 2.29 bits per heavy atom. The topological polar surface area (TPSA) is 57.6 Å². The highest BCUT2D eigenvalue weighted by atomic mass is 19.4. The number of allylic oxidation sites excluding steroid dienone is 2. The van der Waals surface area contributed by atoms with Gasteiger partial charge < -0.3 is 10.0 Å². The Bertz CT molecular complexity index is 496. The predicted octanol–water partition coefficient (Wildman–Crippen LogP) is 2.37. The molecule has 1 amide bonds. The number of hydrogen-bond acceptors (Lipinski definition) is 2. The molecule has 116 valence electrons. The van der Waals surface area contributed by atoms with Gasteiger partial charge in [-0.05, 0) is 19.3 Å². The lowest BCUT2D eigenvalue weighted by Gasteiger charge is -2.33. The molecule has 7 heteroatoms. The fraction of sp³-hybridized carbons (Fsp3) is 0.571. The van der Waals surface area contributed by atoms with Crippen molar-refractivity contribution < 1.29 is 27.9 Å². The van der Waals surface area contributed by atoms with E-state index in [4.69, 9.17) is 5.11 Å². The molecule has 2 atom stereocenters. The third kappa shape index (κ3) is 3.46. The Hall–Kier alpha value is -1.79. The smallest absolute Gasteiger partial charge is 0.412 e. The average Bonchev–Trinajstić information content (AvgIpc) is 2.45. The third-order valence-electron chi connectivity index (χ3n) is 3.95. The first-order valence-electron chi connectivity index (χ1n) is 6.73. The van der Waals surface area contributed by atoms with E-state index in [2.05, 4.69) is 0 Å². The quantitative estimate of drug-likeness (QED) is 0.797. The fourth-order valence-electron chi connectivity index (χ4n) is 2.72. The van der Waals surface area contributed by atoms with E-state index in [0.717, 1.165) is 6.08 Å². The lowest BCUT2D eigenvalue weighted by Crippen LogP contribution is -2.44. The monoisotopic (exact) mass is 303 g/mol. The van der Waals surface area contributed by atoms with Crippen LogP contribution >= 0.6 is 0 Å². The van der Waals surface area contributed by atoms with Crippen molar-refractivity contribution in [3.05, 3.63) is 23.8 Å². The number of hydrogen-bond donors (Lipinski definition) is 1. The Labute approximate surface area is 119 Å². The molecule has 1 heterocycles. The van der Waals surface area contributed by atoms with Gasteiger partial charge in [-0.3, -0.25) is 9.59 Å². The number of nitrogens with zero attached hydrogens (tertiary/aromatic N) is 1. The average molecular weight is 303 g/mol. The number of carbonyl (C=O) groups excluding carboxylic acids is 1. The van der Waals surface area contributed by atoms with Crippen LogP contribution in [-0.4, -0.2) is 41.1 Å². The molecular weight excluding hydrogens is 287 g/mol. The lowest BCUT2D eigenvalue weighted by molar-refractivity contribution is -0.150. The highest BCUT2D eigenvalue weighted by Crippen LogP contribution is 2.32. The van der Waals surface area contributed by atoms with Crippen molar-refractivity contribution in [2.24, 2.45) is 11.8 Å². The first-order chi connectivity index (χ1) is 9.80. The summed E-state index contributed by atoms with van der Waals surface area (Å²) in [5.41, 5.74) is -0.620. The lowest BCUT2D eigenvalue weighted by atomic mass is 9.82. The van der Waals surface area contributed by atoms with E-state index < -0.39 is 29.6 Å². The van der Waals surface area contributed by atoms with Gasteiger partial charge in [0.1, 0.15) is 0 Å². The van der Waals surface area contributed by atoms with Gasteiger partial charge in [0, 0.05) is 18.7 Å². The maximum atomic E-state index is 12.5. The molecule has 1 aliphatic heterocycles. The van der Waals surface area contributed by atoms with Gasteiger partial charge in [-0.2, -0.15) is 13.2 Å². The van der Waals surface area contributed by atoms with Crippen LogP contribution in [0.4, 0.5) is 13.2 Å². The van der Waals surface area contributed by atoms with Crippen molar-refractivity contribution >= 4 is 11.9 Å². The Balaban J connectivity index is 2.06. The summed E-state index contributed by atoms with van der Waals surface area (Å²) in [6, 6.07) is 0. The van der Waals surface area contributed by atoms with Gasteiger partial charge in [0.15, 0.2) is 0 Å². The molecule has 0 radical (unpaired) electrons. The van der Waals surface area contributed by atoms with Gasteiger partial charge in [0.25, 0.3) is 0 Å². The summed E-state index contributed by atoms with van der Waals surface area (Å²) in [5, 5.41) is 9.14. The molecule has 21 heavy (non-hydrogen) atoms. The molecule has 0 saturated carbocycles. The number of alkyl halides is 3. The zero-order chi connectivity index (χ0) is 15.6. The SMILES string of the molecule is O=C(O)C1CC=CCC1C(=O)N1CC=C(C(F)(F)F)CC1. The van der Waals surface area contributed by atoms with E-state index >= 15 is 0 Å². The summed E-state index contributed by atoms with van der Waals surface area (Å²) in [5.74, 6) is -2.89. The largest absolute Gasteiger partial charge is 0.481 e. The summed E-state index contributed by atoms with van der Waals surface area (Å²) < 4.78 is 37.6. The summed E-state index contributed by atoms with van der Waals surface area (Å²) in [7, 11) is 0. The Morgan fingerprint density at radius 1 is 1.19 bits per heavy atom. The molecule has 1 aliphatic carbocycles. The second-order valence-electron chi connectivity index (χ2n) is 5.26. The normalized spacial score (nSPS) is 26.4. The molecule has 1 N–H and O–H groups in total. The summed E-state index contributed by atoms with van der Waals surface area (Å²) in [6.45, 7) is -0.128. The molecule has 0 spiro atoms. The highest BCUT2D eigenvalue weighted by molar-refractivity contribution is 5.85. The summed E-state index contributed by atoms with van der Waals surface area (Å²) >= 11 is 0. The van der Waals surface area contributed by atoms with Crippen LogP contribution in [-0.2, 0) is 9.59 Å². The van der Waals surface area contributed by atoms with Crippen LogP contribution in [0, 0.1) is 11.8 Å². The zero-order valence-corrected chi connectivity index (χ0v) is 11.3. The zero-order valence-electron chi connectivity index (χ0n) is 11.3. The second kappa shape index (κ2) is 5.91. The number of amides is 1. The minimum absolute atomic E-state index is 0.0171. The molecule has 0 aromatic rings. The number of carbonyl (C=O) groups is 2. The van der Waals surface area contributed by atoms with Gasteiger partial charge in [-0.15, -0.1) is 0 Å². The van der Waals surface area contributed by atoms with Gasteiger partial charge in [0.2, 0.25) is 5.91 Å². The second-order valence-corrected chi connectivity index (χ2v) is 5.26. The highest BCUT2D eigenvalue weighted by Gasteiger charge is 2.39. The molecule has 2 aliphatic rings. The number of carboxylic acids is 1. The minimum atomic E-state index is -4.35. The van der Waals surface area contributed by atoms with E-state index in [1.165, 1.54) is 4.90 Å². The summed E-state index contributed by atoms with van der Waals surface area (Å²) in [6.07, 6.45) is 0.492. The number of rotatable bonds is 2. The Kier molecular flexibility index (Phi) is 4.39. The summed E-state index contributed by atoms with van der Waals surface area (Å²) in [4.78, 5) is 24.8. The van der Waals surface area contributed by atoms with E-state index in [9.17, 15) is 22.8 Å². The molecular formula is C14H16F3NO3. The molecule has 2 rings (SSSR count). The molecule has 0 saturated heterocycles. The number of halogens is 3. The van der Waals surface area contributed by atoms with Crippen molar-refractivity contribution in [2.75, 3.05) is 13.1 Å². The van der Waals surface area contributed by atoms with Gasteiger partial charge in [-0.25, -0.2) is 0 Å². The number of carboxylic acid groups (broad SMARTS) is 1. The molecule has 0 aromatic carbocycles. The maximum absolute atomic E-state index is 12.5. The third-order valence-corrected chi connectivity index (χ3v) is 3.95. The van der Waals surface area contributed by atoms with Gasteiger partial charge >= 0.3 is 12.1 Å². The molecule has 0 bridgehead atoms. The van der Waals surface area contributed by atoms with Gasteiger partial charge in [0.05, 0.1) is 11.8 Å². The molecule has 0 fully saturated rings. The van der Waals surface area contributed by atoms with Crippen molar-refractivity contribution in [3.63, 3.8) is 0 Å². The first-order valence-corrected chi connectivity index (χ1v) is 6.73. The molecule has 4 nitrogen and oxygen atoms in total. The van der Waals surface area contributed by atoms with E-state index in [-0.39, 0.29) is 31.8 Å². The van der Waals surface area contributed by atoms with Crippen molar-refractivity contribution in [3.8, 4) is 0 Å². The van der Waals surface area contributed by atoms with E-state index in [1.807, 2.05) is 0 Å². The number of aliphatic carboxylic acids is 1. The van der Waals surface area contributed by atoms with Crippen LogP contribution < -0.4 is 0 Å². The van der Waals surface area contributed by atoms with Crippen LogP contribution in [0.1, 0.15) is 19.3 Å². The maximum Gasteiger partial charge on any atom is 0.412 e. The van der Waals surface area contributed by atoms with Crippen LogP contribution in [0.15, 0.2) is 23.8 Å². The van der Waals surface area contributed by atoms with Gasteiger partial charge in [-0.1, -0.05) is 18.2 Å². The Morgan fingerprint density at radius 2 is 1.81 bits per heavy atom. The van der Waals surface area contributed by atoms with Crippen molar-refractivity contribution in [1.29, 1.82) is 0 Å². The standard InChI is InChI=1S/C14H16F3NO3/c15-14(16,17)9-5-7-18(8-6-9)12(19)10-3-1-2-4-11(10)13(20)21/h1-2,5,10-11H,3-4,6-8H2,(H,20,21). The van der Waals surface area contributed by atoms with E-state index in [1.54, 1.807) is 12.2 Å². The molecule has 0 aromatic heterocycles. The van der Waals surface area contributed by atoms with Crippen LogP contribution in [0.2, 0.25) is 0 Å². The predicted molar refractivity (Wildman–Crippen MR) is 68.3 cm³/mol. The minimum Gasteiger partial charge on any atom is -0.481 e. The van der Waals surface area contributed by atoms with Crippen molar-refractivity contribution in [2.45, 2.75) is 25.4 Å². The fourth-order valence-corrected chi connectivity index (χ4v) is 2.72. The van der Waals surface area contributed by atoms with Crippen LogP contribution in [0.3, 0.4) is 0 Å². The van der Waals surface area contributed by atoms with E-state index in [0.29, 0.717) is 6.42 Å².